The molecule has 10 nitrogen and oxygen atoms in total. The van der Waals surface area contributed by atoms with E-state index >= 15 is 0 Å². The molecule has 0 radical (unpaired) electrons. The summed E-state index contributed by atoms with van der Waals surface area (Å²) in [5, 5.41) is 5.68. The Labute approximate surface area is 212 Å². The summed E-state index contributed by atoms with van der Waals surface area (Å²) in [6, 6.07) is 6.27. The van der Waals surface area contributed by atoms with Gasteiger partial charge in [0.15, 0.2) is 0 Å². The molecule has 3 aliphatic rings. The fraction of sp³-hybridized carbons (Fsp3) is 0.577. The van der Waals surface area contributed by atoms with Gasteiger partial charge in [-0.05, 0) is 63.4 Å². The Morgan fingerprint density at radius 2 is 1.75 bits per heavy atom. The summed E-state index contributed by atoms with van der Waals surface area (Å²) in [6.45, 7) is 5.87. The van der Waals surface area contributed by atoms with Gasteiger partial charge in [0, 0.05) is 25.3 Å². The average Bonchev–Trinajstić information content (AvgIpc) is 2.89. The number of amides is 3. The molecule has 3 aliphatic heterocycles. The fourth-order valence-corrected chi connectivity index (χ4v) is 5.61. The zero-order valence-electron chi connectivity index (χ0n) is 21.2. The first-order chi connectivity index (χ1) is 17.4. The Bertz CT molecular complexity index is 994. The SMILES string of the molecule is CCOc1ccc([C@@H]2NC(=O)NC(CN3CCC(C(N)=O)(N4CCCCC4)CC3)=C2C(=O)OC)cc1. The van der Waals surface area contributed by atoms with Crippen LogP contribution < -0.4 is 21.1 Å². The van der Waals surface area contributed by atoms with Crippen molar-refractivity contribution in [3.05, 3.63) is 41.1 Å². The highest BCUT2D eigenvalue weighted by molar-refractivity contribution is 5.95. The summed E-state index contributed by atoms with van der Waals surface area (Å²) in [7, 11) is 1.33. The summed E-state index contributed by atoms with van der Waals surface area (Å²) in [5.41, 5.74) is 6.93. The smallest absolute Gasteiger partial charge is 0.338 e. The minimum Gasteiger partial charge on any atom is -0.494 e. The molecule has 0 unspecified atom stereocenters. The Morgan fingerprint density at radius 1 is 1.08 bits per heavy atom. The summed E-state index contributed by atoms with van der Waals surface area (Å²) in [5.74, 6) is -0.0530. The van der Waals surface area contributed by atoms with E-state index in [2.05, 4.69) is 20.4 Å². The van der Waals surface area contributed by atoms with E-state index in [4.69, 9.17) is 15.2 Å². The maximum Gasteiger partial charge on any atom is 0.338 e. The largest absolute Gasteiger partial charge is 0.494 e. The van der Waals surface area contributed by atoms with E-state index < -0.39 is 17.6 Å². The van der Waals surface area contributed by atoms with Gasteiger partial charge in [-0.15, -0.1) is 0 Å². The molecular weight excluding hydrogens is 462 g/mol. The number of piperidine rings is 2. The number of hydrogen-bond donors (Lipinski definition) is 3. The molecule has 3 amide bonds. The van der Waals surface area contributed by atoms with Crippen molar-refractivity contribution >= 4 is 17.9 Å². The van der Waals surface area contributed by atoms with Gasteiger partial charge in [-0.2, -0.15) is 0 Å². The van der Waals surface area contributed by atoms with Gasteiger partial charge in [0.05, 0.1) is 25.3 Å². The predicted octanol–water partition coefficient (Wildman–Crippen LogP) is 1.67. The van der Waals surface area contributed by atoms with E-state index in [1.54, 1.807) is 0 Å². The fourth-order valence-electron chi connectivity index (χ4n) is 5.61. The number of ether oxygens (including phenoxy) is 2. The van der Waals surface area contributed by atoms with Crippen molar-refractivity contribution in [3.63, 3.8) is 0 Å². The van der Waals surface area contributed by atoms with Crippen LogP contribution in [-0.2, 0) is 14.3 Å². The lowest BCUT2D eigenvalue weighted by atomic mass is 9.83. The minimum absolute atomic E-state index is 0.260. The quantitative estimate of drug-likeness (QED) is 0.465. The number of nitrogens with zero attached hydrogens (tertiary/aromatic N) is 2. The Balaban J connectivity index is 1.55. The van der Waals surface area contributed by atoms with Crippen molar-refractivity contribution in [1.29, 1.82) is 0 Å². The lowest BCUT2D eigenvalue weighted by Gasteiger charge is -2.48. The van der Waals surface area contributed by atoms with Gasteiger partial charge in [-0.1, -0.05) is 18.6 Å². The number of rotatable bonds is 8. The van der Waals surface area contributed by atoms with Gasteiger partial charge in [0.25, 0.3) is 0 Å². The topological polar surface area (TPSA) is 126 Å². The number of hydrogen-bond acceptors (Lipinski definition) is 7. The van der Waals surface area contributed by atoms with E-state index in [-0.39, 0.29) is 11.9 Å². The number of carbonyl (C=O) groups is 3. The molecule has 2 fully saturated rings. The van der Waals surface area contributed by atoms with Crippen LogP contribution in [0.25, 0.3) is 0 Å². The molecular formula is C26H37N5O5. The number of likely N-dealkylation sites (tertiary alicyclic amines) is 2. The van der Waals surface area contributed by atoms with Crippen molar-refractivity contribution in [2.45, 2.75) is 50.6 Å². The van der Waals surface area contributed by atoms with Crippen molar-refractivity contribution in [3.8, 4) is 5.75 Å². The third kappa shape index (κ3) is 5.34. The molecule has 1 aromatic carbocycles. The molecule has 4 N–H and O–H groups in total. The molecule has 36 heavy (non-hydrogen) atoms. The maximum atomic E-state index is 12.9. The van der Waals surface area contributed by atoms with Crippen LogP contribution in [0, 0.1) is 0 Å². The number of nitrogens with two attached hydrogens (primary N) is 1. The van der Waals surface area contributed by atoms with Crippen LogP contribution in [0.2, 0.25) is 0 Å². The van der Waals surface area contributed by atoms with Gasteiger partial charge in [-0.25, -0.2) is 9.59 Å². The van der Waals surface area contributed by atoms with E-state index in [0.29, 0.717) is 56.1 Å². The van der Waals surface area contributed by atoms with Gasteiger partial charge in [0.1, 0.15) is 11.3 Å². The summed E-state index contributed by atoms with van der Waals surface area (Å²) < 4.78 is 10.6. The van der Waals surface area contributed by atoms with E-state index in [9.17, 15) is 14.4 Å². The minimum atomic E-state index is -0.653. The van der Waals surface area contributed by atoms with Crippen molar-refractivity contribution in [2.75, 3.05) is 46.4 Å². The number of esters is 1. The molecule has 1 aromatic rings. The van der Waals surface area contributed by atoms with Crippen molar-refractivity contribution < 1.29 is 23.9 Å². The van der Waals surface area contributed by atoms with Crippen LogP contribution in [-0.4, -0.2) is 79.7 Å². The number of carbonyl (C=O) groups excluding carboxylic acids is 3. The Hall–Kier alpha value is -3.11. The molecule has 4 rings (SSSR count). The molecule has 10 heteroatoms. The van der Waals surface area contributed by atoms with Gasteiger partial charge < -0.3 is 25.8 Å². The van der Waals surface area contributed by atoms with Crippen molar-refractivity contribution in [2.24, 2.45) is 5.73 Å². The number of benzene rings is 1. The van der Waals surface area contributed by atoms with Gasteiger partial charge in [-0.3, -0.25) is 14.6 Å². The van der Waals surface area contributed by atoms with E-state index in [1.165, 1.54) is 13.5 Å². The first-order valence-electron chi connectivity index (χ1n) is 12.8. The highest BCUT2D eigenvalue weighted by Crippen LogP contribution is 2.33. The summed E-state index contributed by atoms with van der Waals surface area (Å²) in [4.78, 5) is 42.5. The first kappa shape index (κ1) is 26.0. The molecule has 196 valence electrons. The normalized spacial score (nSPS) is 22.9. The molecule has 3 heterocycles. The second kappa shape index (κ2) is 11.3. The highest BCUT2D eigenvalue weighted by Gasteiger charge is 2.45. The third-order valence-corrected chi connectivity index (χ3v) is 7.57. The van der Waals surface area contributed by atoms with Crippen LogP contribution in [0.15, 0.2) is 35.5 Å². The zero-order valence-corrected chi connectivity index (χ0v) is 21.2. The second-order valence-electron chi connectivity index (χ2n) is 9.64. The van der Waals surface area contributed by atoms with Gasteiger partial charge in [0.2, 0.25) is 5.91 Å². The monoisotopic (exact) mass is 499 g/mol. The van der Waals surface area contributed by atoms with Gasteiger partial charge >= 0.3 is 12.0 Å². The number of primary amides is 1. The molecule has 0 aromatic heterocycles. The molecule has 1 atom stereocenters. The van der Waals surface area contributed by atoms with Crippen LogP contribution >= 0.6 is 0 Å². The molecule has 2 saturated heterocycles. The molecule has 0 bridgehead atoms. The standard InChI is InChI=1S/C26H37N5O5/c1-3-36-19-9-7-18(8-10-19)22-21(23(32)35-2)20(28-25(34)29-22)17-30-15-11-26(12-16-30,24(27)33)31-13-5-4-6-14-31/h7-10,22H,3-6,11-17H2,1-2H3,(H2,27,33)(H2,28,29,34)/t22-/m0/s1. The number of nitrogens with one attached hydrogen (secondary N) is 2. The lowest BCUT2D eigenvalue weighted by Crippen LogP contribution is -2.63. The Kier molecular flexibility index (Phi) is 8.15. The first-order valence-corrected chi connectivity index (χ1v) is 12.8. The van der Waals surface area contributed by atoms with Crippen LogP contribution in [0.1, 0.15) is 50.6 Å². The molecule has 0 saturated carbocycles. The van der Waals surface area contributed by atoms with E-state index in [1.807, 2.05) is 31.2 Å². The maximum absolute atomic E-state index is 12.9. The molecule has 0 spiro atoms. The lowest BCUT2D eigenvalue weighted by molar-refractivity contribution is -0.136. The van der Waals surface area contributed by atoms with Crippen LogP contribution in [0.3, 0.4) is 0 Å². The molecule has 0 aliphatic carbocycles. The highest BCUT2D eigenvalue weighted by atomic mass is 16.5. The summed E-state index contributed by atoms with van der Waals surface area (Å²) in [6.07, 6.45) is 4.60. The Morgan fingerprint density at radius 3 is 2.33 bits per heavy atom. The zero-order chi connectivity index (χ0) is 25.7. The number of urea groups is 1. The van der Waals surface area contributed by atoms with Crippen LogP contribution in [0.5, 0.6) is 5.75 Å². The predicted molar refractivity (Wildman–Crippen MR) is 134 cm³/mol. The third-order valence-electron chi connectivity index (χ3n) is 7.57. The van der Waals surface area contributed by atoms with E-state index in [0.717, 1.165) is 31.5 Å². The number of methoxy groups -OCH3 is 1. The second-order valence-corrected chi connectivity index (χ2v) is 9.64. The van der Waals surface area contributed by atoms with Crippen LogP contribution in [0.4, 0.5) is 4.79 Å². The average molecular weight is 500 g/mol. The summed E-state index contributed by atoms with van der Waals surface area (Å²) >= 11 is 0. The van der Waals surface area contributed by atoms with Crippen molar-refractivity contribution in [1.82, 2.24) is 20.4 Å².